The fourth-order valence-corrected chi connectivity index (χ4v) is 2.12. The Morgan fingerprint density at radius 2 is 2.15 bits per heavy atom. The highest BCUT2D eigenvalue weighted by Gasteiger charge is 2.06. The van der Waals surface area contributed by atoms with Gasteiger partial charge >= 0.3 is 0 Å². The highest BCUT2D eigenvalue weighted by molar-refractivity contribution is 6.30. The zero-order valence-corrected chi connectivity index (χ0v) is 12.6. The molecule has 0 spiro atoms. The Labute approximate surface area is 124 Å². The highest BCUT2D eigenvalue weighted by atomic mass is 35.5. The van der Waals surface area contributed by atoms with Crippen LogP contribution in [0.3, 0.4) is 0 Å². The van der Waals surface area contributed by atoms with Crippen molar-refractivity contribution in [2.24, 2.45) is 0 Å². The second kappa shape index (κ2) is 7.22. The summed E-state index contributed by atoms with van der Waals surface area (Å²) >= 11 is 6.00. The number of nitrogens with zero attached hydrogens (tertiary/aromatic N) is 3. The van der Waals surface area contributed by atoms with Crippen molar-refractivity contribution in [1.29, 1.82) is 0 Å². The van der Waals surface area contributed by atoms with Crippen LogP contribution in [0.5, 0.6) is 0 Å². The smallest absolute Gasteiger partial charge is 0.147 e. The maximum absolute atomic E-state index is 6.00. The van der Waals surface area contributed by atoms with E-state index < -0.39 is 0 Å². The molecule has 0 saturated heterocycles. The molecular formula is C15H19ClN4. The molecule has 5 heteroatoms. The van der Waals surface area contributed by atoms with Gasteiger partial charge in [-0.2, -0.15) is 0 Å². The predicted octanol–water partition coefficient (Wildman–Crippen LogP) is 2.88. The van der Waals surface area contributed by atoms with Crippen LogP contribution in [-0.2, 0) is 13.1 Å². The summed E-state index contributed by atoms with van der Waals surface area (Å²) in [5.74, 6) is 0.861. The normalized spacial score (nSPS) is 10.6. The molecule has 2 aromatic rings. The van der Waals surface area contributed by atoms with E-state index in [-0.39, 0.29) is 0 Å². The minimum absolute atomic E-state index is 0.738. The zero-order valence-electron chi connectivity index (χ0n) is 11.8. The molecule has 20 heavy (non-hydrogen) atoms. The minimum atomic E-state index is 0.738. The number of aromatic nitrogens is 2. The highest BCUT2D eigenvalue weighted by Crippen LogP contribution is 2.15. The molecule has 0 aliphatic carbocycles. The van der Waals surface area contributed by atoms with Gasteiger partial charge in [0, 0.05) is 31.4 Å². The molecule has 4 nitrogen and oxygen atoms in total. The fourth-order valence-electron chi connectivity index (χ4n) is 1.91. The van der Waals surface area contributed by atoms with E-state index >= 15 is 0 Å². The molecule has 0 saturated carbocycles. The molecule has 0 aliphatic heterocycles. The first kappa shape index (κ1) is 14.8. The molecule has 0 fully saturated rings. The van der Waals surface area contributed by atoms with Crippen LogP contribution in [-0.4, -0.2) is 23.6 Å². The monoisotopic (exact) mass is 290 g/mol. The summed E-state index contributed by atoms with van der Waals surface area (Å²) in [6, 6.07) is 7.85. The number of hydrogen-bond acceptors (Lipinski definition) is 4. The Morgan fingerprint density at radius 1 is 1.30 bits per heavy atom. The van der Waals surface area contributed by atoms with Gasteiger partial charge in [-0.05, 0) is 24.2 Å². The Kier molecular flexibility index (Phi) is 5.32. The van der Waals surface area contributed by atoms with Gasteiger partial charge in [0.05, 0.1) is 11.9 Å². The lowest BCUT2D eigenvalue weighted by molar-refractivity contribution is 0.704. The van der Waals surface area contributed by atoms with Crippen molar-refractivity contribution in [3.8, 4) is 0 Å². The maximum Gasteiger partial charge on any atom is 0.147 e. The van der Waals surface area contributed by atoms with Crippen molar-refractivity contribution >= 4 is 17.4 Å². The van der Waals surface area contributed by atoms with Crippen LogP contribution in [0, 0.1) is 0 Å². The molecule has 1 aromatic carbocycles. The summed E-state index contributed by atoms with van der Waals surface area (Å²) in [6.45, 7) is 4.48. The standard InChI is InChI=1S/C15H19ClN4/c1-3-17-8-14-9-18-10-15(19-14)20(2)11-12-5-4-6-13(16)7-12/h4-7,9-10,17H,3,8,11H2,1-2H3. The van der Waals surface area contributed by atoms with Crippen LogP contribution < -0.4 is 10.2 Å². The molecule has 0 radical (unpaired) electrons. The molecule has 1 N–H and O–H groups in total. The van der Waals surface area contributed by atoms with Crippen molar-refractivity contribution in [3.63, 3.8) is 0 Å². The van der Waals surface area contributed by atoms with Crippen molar-refractivity contribution < 1.29 is 0 Å². The summed E-state index contributed by atoms with van der Waals surface area (Å²) in [4.78, 5) is 10.9. The quantitative estimate of drug-likeness (QED) is 0.888. The first-order chi connectivity index (χ1) is 9.69. The summed E-state index contributed by atoms with van der Waals surface area (Å²) in [5.41, 5.74) is 2.10. The SMILES string of the molecule is CCNCc1cncc(N(C)Cc2cccc(Cl)c2)n1. The van der Waals surface area contributed by atoms with Crippen molar-refractivity contribution in [3.05, 3.63) is 52.9 Å². The summed E-state index contributed by atoms with van der Waals surface area (Å²) in [7, 11) is 2.00. The molecular weight excluding hydrogens is 272 g/mol. The molecule has 0 aliphatic rings. The molecule has 0 amide bonds. The van der Waals surface area contributed by atoms with E-state index in [1.54, 1.807) is 12.4 Å². The van der Waals surface area contributed by atoms with Crippen molar-refractivity contribution in [2.45, 2.75) is 20.0 Å². The van der Waals surface area contributed by atoms with Gasteiger partial charge in [-0.3, -0.25) is 4.98 Å². The van der Waals surface area contributed by atoms with Gasteiger partial charge < -0.3 is 10.2 Å². The Morgan fingerprint density at radius 3 is 2.90 bits per heavy atom. The van der Waals surface area contributed by atoms with Crippen LogP contribution in [0.4, 0.5) is 5.82 Å². The first-order valence-corrected chi connectivity index (χ1v) is 7.04. The number of halogens is 1. The molecule has 2 rings (SSSR count). The number of hydrogen-bond donors (Lipinski definition) is 1. The van der Waals surface area contributed by atoms with Crippen LogP contribution in [0.15, 0.2) is 36.7 Å². The molecule has 0 unspecified atom stereocenters. The van der Waals surface area contributed by atoms with Gasteiger partial charge in [0.15, 0.2) is 0 Å². The van der Waals surface area contributed by atoms with Crippen molar-refractivity contribution in [2.75, 3.05) is 18.5 Å². The molecule has 0 atom stereocenters. The van der Waals surface area contributed by atoms with Crippen LogP contribution in [0.2, 0.25) is 5.02 Å². The maximum atomic E-state index is 6.00. The second-order valence-corrected chi connectivity index (χ2v) is 5.07. The van der Waals surface area contributed by atoms with Crippen LogP contribution in [0.25, 0.3) is 0 Å². The van der Waals surface area contributed by atoms with Crippen molar-refractivity contribution in [1.82, 2.24) is 15.3 Å². The summed E-state index contributed by atoms with van der Waals surface area (Å²) < 4.78 is 0. The topological polar surface area (TPSA) is 41.1 Å². The Bertz CT molecular complexity index is 559. The van der Waals surface area contributed by atoms with E-state index in [1.807, 2.05) is 25.2 Å². The minimum Gasteiger partial charge on any atom is -0.354 e. The third-order valence-electron chi connectivity index (χ3n) is 2.93. The number of rotatable bonds is 6. The van der Waals surface area contributed by atoms with Gasteiger partial charge in [-0.1, -0.05) is 30.7 Å². The Hall–Kier alpha value is -1.65. The van der Waals surface area contributed by atoms with E-state index in [4.69, 9.17) is 11.6 Å². The lowest BCUT2D eigenvalue weighted by atomic mass is 10.2. The molecule has 1 aromatic heterocycles. The lowest BCUT2D eigenvalue weighted by Crippen LogP contribution is -2.20. The van der Waals surface area contributed by atoms with Gasteiger partial charge in [0.2, 0.25) is 0 Å². The molecule has 0 bridgehead atoms. The van der Waals surface area contributed by atoms with Gasteiger partial charge in [-0.15, -0.1) is 0 Å². The Balaban J connectivity index is 2.06. The van der Waals surface area contributed by atoms with E-state index in [0.29, 0.717) is 0 Å². The second-order valence-electron chi connectivity index (χ2n) is 4.63. The summed E-state index contributed by atoms with van der Waals surface area (Å²) in [5, 5.41) is 4.00. The van der Waals surface area contributed by atoms with Gasteiger partial charge in [0.1, 0.15) is 5.82 Å². The third-order valence-corrected chi connectivity index (χ3v) is 3.16. The van der Waals surface area contributed by atoms with E-state index in [2.05, 4.69) is 33.2 Å². The number of nitrogens with one attached hydrogen (secondary N) is 1. The van der Waals surface area contributed by atoms with Crippen LogP contribution >= 0.6 is 11.6 Å². The van der Waals surface area contributed by atoms with E-state index in [0.717, 1.165) is 41.7 Å². The zero-order chi connectivity index (χ0) is 14.4. The predicted molar refractivity (Wildman–Crippen MR) is 83.0 cm³/mol. The average Bonchev–Trinajstić information content (AvgIpc) is 2.45. The third kappa shape index (κ3) is 4.18. The van der Waals surface area contributed by atoms with E-state index in [9.17, 15) is 0 Å². The average molecular weight is 291 g/mol. The number of benzene rings is 1. The molecule has 106 valence electrons. The summed E-state index contributed by atoms with van der Waals surface area (Å²) in [6.07, 6.45) is 3.57. The fraction of sp³-hybridized carbons (Fsp3) is 0.333. The lowest BCUT2D eigenvalue weighted by Gasteiger charge is -2.18. The number of anilines is 1. The van der Waals surface area contributed by atoms with Gasteiger partial charge in [-0.25, -0.2) is 4.98 Å². The van der Waals surface area contributed by atoms with Gasteiger partial charge in [0.25, 0.3) is 0 Å². The van der Waals surface area contributed by atoms with E-state index in [1.165, 1.54) is 0 Å². The largest absolute Gasteiger partial charge is 0.354 e. The van der Waals surface area contributed by atoms with Crippen LogP contribution in [0.1, 0.15) is 18.2 Å². The first-order valence-electron chi connectivity index (χ1n) is 6.66. The molecule has 1 heterocycles.